The van der Waals surface area contributed by atoms with Crippen molar-refractivity contribution in [2.45, 2.75) is 27.4 Å². The zero-order valence-corrected chi connectivity index (χ0v) is 17.0. The van der Waals surface area contributed by atoms with Crippen LogP contribution < -0.4 is 10.7 Å². The van der Waals surface area contributed by atoms with Crippen LogP contribution in [-0.4, -0.2) is 52.7 Å². The van der Waals surface area contributed by atoms with Gasteiger partial charge in [0.25, 0.3) is 11.8 Å². The number of rotatable bonds is 3. The molecule has 3 heterocycles. The molecule has 12 heteroatoms. The summed E-state index contributed by atoms with van der Waals surface area (Å²) in [5.74, 6) is -5.96. The van der Waals surface area contributed by atoms with E-state index in [2.05, 4.69) is 5.32 Å². The van der Waals surface area contributed by atoms with E-state index in [0.29, 0.717) is 25.3 Å². The van der Waals surface area contributed by atoms with Crippen LogP contribution in [0.1, 0.15) is 47.3 Å². The summed E-state index contributed by atoms with van der Waals surface area (Å²) in [6.07, 6.45) is 1.12. The van der Waals surface area contributed by atoms with Gasteiger partial charge in [-0.2, -0.15) is 13.5 Å². The molecule has 2 aliphatic heterocycles. The van der Waals surface area contributed by atoms with Gasteiger partial charge in [0.1, 0.15) is 23.0 Å². The first-order valence-electron chi connectivity index (χ1n) is 9.04. The number of hydrogen-bond donors (Lipinski definition) is 2. The maximum absolute atomic E-state index is 13.8. The number of aromatic hydroxyl groups is 1. The van der Waals surface area contributed by atoms with Gasteiger partial charge >= 0.3 is 0 Å². The Labute approximate surface area is 195 Å². The van der Waals surface area contributed by atoms with Gasteiger partial charge in [-0.05, 0) is 0 Å². The minimum absolute atomic E-state index is 0. The van der Waals surface area contributed by atoms with Crippen LogP contribution in [0, 0.1) is 17.5 Å². The van der Waals surface area contributed by atoms with Crippen molar-refractivity contribution in [3.8, 4) is 5.75 Å². The fourth-order valence-corrected chi connectivity index (χ4v) is 3.58. The third-order valence-electron chi connectivity index (χ3n) is 5.12. The van der Waals surface area contributed by atoms with Crippen molar-refractivity contribution in [1.29, 1.82) is 0 Å². The Balaban J connectivity index is 0.00000181. The number of halogens is 3. The highest BCUT2D eigenvalue weighted by Crippen LogP contribution is 2.28. The Hall–Kier alpha value is -2.99. The third kappa shape index (κ3) is 5.01. The molecule has 0 radical (unpaired) electrons. The summed E-state index contributed by atoms with van der Waals surface area (Å²) in [4.78, 5) is 39.0. The Morgan fingerprint density at radius 2 is 1.82 bits per heavy atom. The van der Waals surface area contributed by atoms with Gasteiger partial charge in [-0.15, -0.1) is 0 Å². The van der Waals surface area contributed by atoms with Crippen LogP contribution in [0.4, 0.5) is 13.2 Å². The highest BCUT2D eigenvalue weighted by Gasteiger charge is 2.36. The molecule has 1 saturated heterocycles. The third-order valence-corrected chi connectivity index (χ3v) is 5.12. The molecule has 1 fully saturated rings. The molecular formula is C21H26F3N3O5S. The average molecular weight is 490 g/mol. The second-order valence-electron chi connectivity index (χ2n) is 6.99. The molecule has 1 aromatic carbocycles. The van der Waals surface area contributed by atoms with Crippen molar-refractivity contribution in [2.24, 2.45) is 0 Å². The fourth-order valence-electron chi connectivity index (χ4n) is 3.58. The lowest BCUT2D eigenvalue weighted by atomic mass is 10.1. The van der Waals surface area contributed by atoms with Gasteiger partial charge < -0.3 is 24.6 Å². The minimum atomic E-state index is -1.20. The van der Waals surface area contributed by atoms with Crippen molar-refractivity contribution < 1.29 is 32.6 Å². The Kier molecular flexibility index (Phi) is 9.14. The van der Waals surface area contributed by atoms with Crippen LogP contribution in [0.5, 0.6) is 5.75 Å². The molecule has 2 aromatic rings. The van der Waals surface area contributed by atoms with Gasteiger partial charge in [0, 0.05) is 43.5 Å². The highest BCUT2D eigenvalue weighted by molar-refractivity contribution is 7.59. The van der Waals surface area contributed by atoms with Gasteiger partial charge in [0.05, 0.1) is 19.3 Å². The SMILES string of the molecule is C.C.O=C(NCc1c(F)cc(F)cc1F)c1cn2c(c(O)c1=O)C(=O)N1CCOC[C@@H]2C1.S. The van der Waals surface area contributed by atoms with E-state index in [0.717, 1.165) is 6.20 Å². The smallest absolute Gasteiger partial charge is 0.274 e. The van der Waals surface area contributed by atoms with E-state index < -0.39 is 64.2 Å². The fraction of sp³-hybridized carbons (Fsp3) is 0.381. The second-order valence-corrected chi connectivity index (χ2v) is 6.99. The Morgan fingerprint density at radius 1 is 1.18 bits per heavy atom. The normalized spacial score (nSPS) is 16.4. The molecule has 33 heavy (non-hydrogen) atoms. The van der Waals surface area contributed by atoms with Crippen LogP contribution in [0.2, 0.25) is 0 Å². The van der Waals surface area contributed by atoms with Crippen molar-refractivity contribution in [2.75, 3.05) is 26.3 Å². The molecule has 1 aromatic heterocycles. The number of amides is 2. The number of aromatic nitrogens is 1. The number of fused-ring (bicyclic) bond motifs is 4. The van der Waals surface area contributed by atoms with E-state index in [4.69, 9.17) is 4.74 Å². The van der Waals surface area contributed by atoms with Crippen LogP contribution in [-0.2, 0) is 11.3 Å². The van der Waals surface area contributed by atoms with Crippen molar-refractivity contribution in [3.05, 3.63) is 62.8 Å². The number of nitrogens with zero attached hydrogens (tertiary/aromatic N) is 2. The highest BCUT2D eigenvalue weighted by atomic mass is 32.1. The van der Waals surface area contributed by atoms with Gasteiger partial charge in [-0.1, -0.05) is 14.9 Å². The van der Waals surface area contributed by atoms with Crippen molar-refractivity contribution in [1.82, 2.24) is 14.8 Å². The van der Waals surface area contributed by atoms with Gasteiger partial charge in [0.15, 0.2) is 11.4 Å². The lowest BCUT2D eigenvalue weighted by Crippen LogP contribution is -2.45. The standard InChI is InChI=1S/C19H16F3N3O5.2CH4.H2S/c20-9-3-13(21)11(14(22)4-9)5-23-18(28)12-7-25-10-6-24(1-2-30-8-10)19(29)15(25)17(27)16(12)26;;;/h3-4,7,10,27H,1-2,5-6,8H2,(H,23,28);2*1H4;1H2/t10-;;;/m0.../s1. The van der Waals surface area contributed by atoms with E-state index in [1.807, 2.05) is 0 Å². The number of ether oxygens (including phenoxy) is 1. The summed E-state index contributed by atoms with van der Waals surface area (Å²) >= 11 is 0. The molecule has 2 amide bonds. The molecule has 0 saturated carbocycles. The lowest BCUT2D eigenvalue weighted by molar-refractivity contribution is 0.0685. The number of pyridine rings is 1. The molecule has 1 atom stereocenters. The number of benzene rings is 1. The van der Waals surface area contributed by atoms with Gasteiger partial charge in [-0.25, -0.2) is 13.2 Å². The van der Waals surface area contributed by atoms with Crippen molar-refractivity contribution >= 4 is 25.3 Å². The molecule has 182 valence electrons. The van der Waals surface area contributed by atoms with Gasteiger partial charge in [0.2, 0.25) is 5.43 Å². The molecule has 8 nitrogen and oxygen atoms in total. The summed E-state index contributed by atoms with van der Waals surface area (Å²) in [6, 6.07) is 0.506. The number of nitrogens with one attached hydrogen (secondary N) is 1. The maximum Gasteiger partial charge on any atom is 0.274 e. The molecule has 0 aliphatic carbocycles. The second kappa shape index (κ2) is 10.8. The van der Waals surface area contributed by atoms with Crippen molar-refractivity contribution in [3.63, 3.8) is 0 Å². The topological polar surface area (TPSA) is 101 Å². The zero-order valence-electron chi connectivity index (χ0n) is 16.0. The quantitative estimate of drug-likeness (QED) is 0.689. The largest absolute Gasteiger partial charge is 0.503 e. The summed E-state index contributed by atoms with van der Waals surface area (Å²) in [5, 5.41) is 12.5. The van der Waals surface area contributed by atoms with E-state index in [-0.39, 0.29) is 47.2 Å². The lowest BCUT2D eigenvalue weighted by Gasteiger charge is -2.33. The average Bonchev–Trinajstić information content (AvgIpc) is 2.91. The first kappa shape index (κ1) is 28.0. The predicted molar refractivity (Wildman–Crippen MR) is 119 cm³/mol. The number of carbonyl (C=O) groups is 2. The molecule has 2 bridgehead atoms. The summed E-state index contributed by atoms with van der Waals surface area (Å²) < 4.78 is 47.3. The van der Waals surface area contributed by atoms with Crippen LogP contribution >= 0.6 is 13.5 Å². The van der Waals surface area contributed by atoms with Crippen LogP contribution in [0.3, 0.4) is 0 Å². The van der Waals surface area contributed by atoms with Crippen LogP contribution in [0.25, 0.3) is 0 Å². The molecule has 2 N–H and O–H groups in total. The molecule has 0 unspecified atom stereocenters. The molecule has 0 spiro atoms. The monoisotopic (exact) mass is 489 g/mol. The van der Waals surface area contributed by atoms with Gasteiger partial charge in [-0.3, -0.25) is 14.4 Å². The van der Waals surface area contributed by atoms with E-state index in [9.17, 15) is 32.7 Å². The molecular weight excluding hydrogens is 463 g/mol. The summed E-state index contributed by atoms with van der Waals surface area (Å²) in [5.41, 5.74) is -2.43. The van der Waals surface area contributed by atoms with E-state index in [1.165, 1.54) is 9.47 Å². The minimum Gasteiger partial charge on any atom is -0.503 e. The van der Waals surface area contributed by atoms with E-state index >= 15 is 0 Å². The number of carbonyl (C=O) groups excluding carboxylic acids is 2. The summed E-state index contributed by atoms with van der Waals surface area (Å²) in [6.45, 7) is 0.426. The first-order valence-corrected chi connectivity index (χ1v) is 9.04. The zero-order chi connectivity index (χ0) is 21.6. The maximum atomic E-state index is 13.8. The van der Waals surface area contributed by atoms with E-state index in [1.54, 1.807) is 0 Å². The molecule has 4 rings (SSSR count). The number of hydrogen-bond acceptors (Lipinski definition) is 5. The Morgan fingerprint density at radius 3 is 2.45 bits per heavy atom. The predicted octanol–water partition coefficient (Wildman–Crippen LogP) is 2.31. The Bertz CT molecular complexity index is 1100. The summed E-state index contributed by atoms with van der Waals surface area (Å²) in [7, 11) is 0. The van der Waals surface area contributed by atoms with Crippen LogP contribution in [0.15, 0.2) is 23.1 Å². The first-order chi connectivity index (χ1) is 14.3. The molecule has 2 aliphatic rings.